The molecular formula is C17H24N4. The Bertz CT molecular complexity index is 497. The second-order valence-electron chi connectivity index (χ2n) is 4.07. The predicted octanol–water partition coefficient (Wildman–Crippen LogP) is 3.08. The first-order chi connectivity index (χ1) is 10.2. The van der Waals surface area contributed by atoms with Crippen molar-refractivity contribution in [3.05, 3.63) is 41.8 Å². The highest BCUT2D eigenvalue weighted by Gasteiger charge is 2.02. The SMILES string of the molecule is C#CC/C=C\CC(=C=CC)CN=C(N/C=C\C)N(C)N=C. The first-order valence-electron chi connectivity index (χ1n) is 6.79. The molecule has 0 rings (SSSR count). The van der Waals surface area contributed by atoms with E-state index in [0.29, 0.717) is 18.9 Å². The Morgan fingerprint density at radius 3 is 2.71 bits per heavy atom. The average Bonchev–Trinajstić information content (AvgIpc) is 2.50. The summed E-state index contributed by atoms with van der Waals surface area (Å²) in [6.07, 6.45) is 16.2. The Hall–Kier alpha value is -2.50. The summed E-state index contributed by atoms with van der Waals surface area (Å²) in [5, 5.41) is 8.48. The van der Waals surface area contributed by atoms with Crippen LogP contribution in [0.1, 0.15) is 26.7 Å². The highest BCUT2D eigenvalue weighted by atomic mass is 15.5. The van der Waals surface area contributed by atoms with Gasteiger partial charge < -0.3 is 5.32 Å². The van der Waals surface area contributed by atoms with Crippen LogP contribution in [-0.2, 0) is 0 Å². The topological polar surface area (TPSA) is 40.0 Å². The molecule has 0 atom stereocenters. The number of rotatable bonds is 7. The Kier molecular flexibility index (Phi) is 11.0. The Labute approximate surface area is 128 Å². The quantitative estimate of drug-likeness (QED) is 0.195. The minimum absolute atomic E-state index is 0.532. The van der Waals surface area contributed by atoms with Crippen LogP contribution >= 0.6 is 0 Å². The van der Waals surface area contributed by atoms with Crippen LogP contribution in [0.25, 0.3) is 0 Å². The maximum atomic E-state index is 5.21. The lowest BCUT2D eigenvalue weighted by Crippen LogP contribution is -2.32. The number of allylic oxidation sites excluding steroid dienone is 3. The molecule has 0 saturated carbocycles. The molecule has 0 amide bonds. The zero-order chi connectivity index (χ0) is 15.9. The summed E-state index contributed by atoms with van der Waals surface area (Å²) in [5.41, 5.74) is 4.27. The van der Waals surface area contributed by atoms with Gasteiger partial charge in [-0.05, 0) is 38.1 Å². The zero-order valence-electron chi connectivity index (χ0n) is 13.1. The summed E-state index contributed by atoms with van der Waals surface area (Å²) >= 11 is 0. The molecule has 0 heterocycles. The van der Waals surface area contributed by atoms with Crippen molar-refractivity contribution in [2.75, 3.05) is 13.6 Å². The van der Waals surface area contributed by atoms with E-state index in [9.17, 15) is 0 Å². The summed E-state index contributed by atoms with van der Waals surface area (Å²) in [5.74, 6) is 3.20. The summed E-state index contributed by atoms with van der Waals surface area (Å²) < 4.78 is 0. The number of hydrogen-bond acceptors (Lipinski definition) is 2. The molecule has 0 aliphatic rings. The van der Waals surface area contributed by atoms with Crippen LogP contribution in [0.3, 0.4) is 0 Å². The minimum Gasteiger partial charge on any atom is -0.332 e. The monoisotopic (exact) mass is 284 g/mol. The second-order valence-corrected chi connectivity index (χ2v) is 4.07. The molecule has 0 bridgehead atoms. The van der Waals surface area contributed by atoms with Crippen LogP contribution in [0.15, 0.2) is 51.9 Å². The van der Waals surface area contributed by atoms with Crippen molar-refractivity contribution in [1.29, 1.82) is 0 Å². The number of guanidine groups is 1. The summed E-state index contributed by atoms with van der Waals surface area (Å²) in [6.45, 7) is 7.89. The number of hydrogen-bond donors (Lipinski definition) is 1. The molecule has 0 unspecified atom stereocenters. The van der Waals surface area contributed by atoms with E-state index >= 15 is 0 Å². The molecular weight excluding hydrogens is 260 g/mol. The lowest BCUT2D eigenvalue weighted by atomic mass is 10.2. The van der Waals surface area contributed by atoms with Gasteiger partial charge in [-0.1, -0.05) is 18.2 Å². The zero-order valence-corrected chi connectivity index (χ0v) is 13.1. The van der Waals surface area contributed by atoms with Gasteiger partial charge in [0.05, 0.1) is 6.54 Å². The van der Waals surface area contributed by atoms with Crippen LogP contribution in [-0.4, -0.2) is 31.3 Å². The highest BCUT2D eigenvalue weighted by Crippen LogP contribution is 2.03. The van der Waals surface area contributed by atoms with Gasteiger partial charge in [-0.15, -0.1) is 18.1 Å². The predicted molar refractivity (Wildman–Crippen MR) is 92.0 cm³/mol. The molecule has 0 aromatic heterocycles. The fraction of sp³-hybridized carbons (Fsp3) is 0.353. The smallest absolute Gasteiger partial charge is 0.218 e. The Morgan fingerprint density at radius 2 is 2.14 bits per heavy atom. The van der Waals surface area contributed by atoms with Gasteiger partial charge in [-0.2, -0.15) is 5.10 Å². The summed E-state index contributed by atoms with van der Waals surface area (Å²) in [6, 6.07) is 0. The lowest BCUT2D eigenvalue weighted by Gasteiger charge is -2.14. The number of nitrogens with one attached hydrogen (secondary N) is 1. The van der Waals surface area contributed by atoms with Crippen molar-refractivity contribution in [2.24, 2.45) is 10.1 Å². The molecule has 4 heteroatoms. The molecule has 4 nitrogen and oxygen atoms in total. The maximum Gasteiger partial charge on any atom is 0.218 e. The van der Waals surface area contributed by atoms with Crippen LogP contribution in [0, 0.1) is 12.3 Å². The first kappa shape index (κ1) is 18.5. The maximum absolute atomic E-state index is 5.21. The first-order valence-corrected chi connectivity index (χ1v) is 6.79. The van der Waals surface area contributed by atoms with Gasteiger partial charge in [-0.25, -0.2) is 10.0 Å². The molecule has 0 aliphatic heterocycles. The van der Waals surface area contributed by atoms with E-state index in [4.69, 9.17) is 6.42 Å². The van der Waals surface area contributed by atoms with Crippen molar-refractivity contribution in [3.8, 4) is 12.3 Å². The molecule has 0 saturated heterocycles. The van der Waals surface area contributed by atoms with Crippen LogP contribution in [0.4, 0.5) is 0 Å². The standard InChI is InChI=1S/C17H24N4/c1-6-9-10-11-13-16(12-7-2)15-20-17(19-14-8-3)21(5)18-4/h1,7-8,10-11,14H,4,9,13,15H2,2-3,5H3,(H,19,20)/b11-10-,14-8-. The van der Waals surface area contributed by atoms with E-state index in [1.165, 1.54) is 0 Å². The number of hydrazone groups is 1. The molecule has 1 N–H and O–H groups in total. The molecule has 0 aromatic carbocycles. The highest BCUT2D eigenvalue weighted by molar-refractivity contribution is 5.80. The van der Waals surface area contributed by atoms with Crippen molar-refractivity contribution in [3.63, 3.8) is 0 Å². The van der Waals surface area contributed by atoms with E-state index in [2.05, 4.69) is 33.8 Å². The van der Waals surface area contributed by atoms with Crippen molar-refractivity contribution >= 4 is 12.7 Å². The van der Waals surface area contributed by atoms with Crippen LogP contribution in [0.5, 0.6) is 0 Å². The third kappa shape index (κ3) is 9.10. The third-order valence-corrected chi connectivity index (χ3v) is 2.43. The van der Waals surface area contributed by atoms with Crippen molar-refractivity contribution in [2.45, 2.75) is 26.7 Å². The number of terminal acetylenes is 1. The van der Waals surface area contributed by atoms with Gasteiger partial charge in [0.2, 0.25) is 5.96 Å². The second kappa shape index (κ2) is 12.5. The number of nitrogens with zero attached hydrogens (tertiary/aromatic N) is 3. The summed E-state index contributed by atoms with van der Waals surface area (Å²) in [7, 11) is 1.79. The normalized spacial score (nSPS) is 11.0. The average molecular weight is 284 g/mol. The summed E-state index contributed by atoms with van der Waals surface area (Å²) in [4.78, 5) is 4.50. The van der Waals surface area contributed by atoms with Crippen LogP contribution < -0.4 is 5.32 Å². The lowest BCUT2D eigenvalue weighted by molar-refractivity contribution is 0.530. The van der Waals surface area contributed by atoms with E-state index in [1.54, 1.807) is 18.3 Å². The van der Waals surface area contributed by atoms with Crippen molar-refractivity contribution in [1.82, 2.24) is 10.3 Å². The molecule has 21 heavy (non-hydrogen) atoms. The van der Waals surface area contributed by atoms with Crippen LogP contribution in [0.2, 0.25) is 0 Å². The van der Waals surface area contributed by atoms with E-state index in [0.717, 1.165) is 12.0 Å². The molecule has 0 fully saturated rings. The molecule has 0 aliphatic carbocycles. The van der Waals surface area contributed by atoms with E-state index < -0.39 is 0 Å². The van der Waals surface area contributed by atoms with Gasteiger partial charge in [0.1, 0.15) is 0 Å². The van der Waals surface area contributed by atoms with Gasteiger partial charge in [0.25, 0.3) is 0 Å². The van der Waals surface area contributed by atoms with Crippen molar-refractivity contribution < 1.29 is 0 Å². The third-order valence-electron chi connectivity index (χ3n) is 2.43. The largest absolute Gasteiger partial charge is 0.332 e. The Morgan fingerprint density at radius 1 is 1.38 bits per heavy atom. The molecule has 112 valence electrons. The van der Waals surface area contributed by atoms with Gasteiger partial charge in [-0.3, -0.25) is 0 Å². The number of aliphatic imine (C=N–C) groups is 1. The fourth-order valence-corrected chi connectivity index (χ4v) is 1.39. The Balaban J connectivity index is 4.89. The van der Waals surface area contributed by atoms with E-state index in [1.807, 2.05) is 38.2 Å². The minimum atomic E-state index is 0.532. The van der Waals surface area contributed by atoms with E-state index in [-0.39, 0.29) is 0 Å². The van der Waals surface area contributed by atoms with Gasteiger partial charge >= 0.3 is 0 Å². The fourth-order valence-electron chi connectivity index (χ4n) is 1.39. The van der Waals surface area contributed by atoms with Gasteiger partial charge in [0.15, 0.2) is 0 Å². The molecule has 0 aromatic rings. The molecule has 0 spiro atoms. The molecule has 0 radical (unpaired) electrons. The van der Waals surface area contributed by atoms with Gasteiger partial charge in [0, 0.05) is 20.2 Å².